The number of nitrogens with one attached hydrogen (secondary N) is 3. The molecule has 0 radical (unpaired) electrons. The molecule has 2 aromatic rings. The molecule has 28 heavy (non-hydrogen) atoms. The fourth-order valence-electron chi connectivity index (χ4n) is 3.24. The third-order valence-corrected chi connectivity index (χ3v) is 5.58. The molecule has 1 saturated carbocycles. The molecule has 0 atom stereocenters. The standard InChI is InChI=1S/C21H23Cl2N3O2/c22-17-7-4-8-18(20(17)23)24-13-19(27)25-16-11-9-14(10-12-16)21(28)26-15-5-2-1-3-6-15/h4,7-12,15,24H,1-3,5-6,13H2,(H,25,27)(H,26,28). The minimum Gasteiger partial charge on any atom is -0.375 e. The summed E-state index contributed by atoms with van der Waals surface area (Å²) in [5.74, 6) is -0.294. The van der Waals surface area contributed by atoms with Gasteiger partial charge < -0.3 is 16.0 Å². The molecule has 3 N–H and O–H groups in total. The molecule has 0 saturated heterocycles. The molecule has 0 unspecified atom stereocenters. The Hall–Kier alpha value is -2.24. The van der Waals surface area contributed by atoms with Crippen molar-refractivity contribution >= 4 is 46.4 Å². The lowest BCUT2D eigenvalue weighted by atomic mass is 9.95. The first-order valence-electron chi connectivity index (χ1n) is 9.41. The minimum absolute atomic E-state index is 0.0456. The number of carbonyl (C=O) groups excluding carboxylic acids is 2. The van der Waals surface area contributed by atoms with Crippen LogP contribution in [0.3, 0.4) is 0 Å². The van der Waals surface area contributed by atoms with Gasteiger partial charge in [0.1, 0.15) is 0 Å². The van der Waals surface area contributed by atoms with E-state index >= 15 is 0 Å². The molecule has 1 fully saturated rings. The van der Waals surface area contributed by atoms with Gasteiger partial charge in [-0.25, -0.2) is 0 Å². The van der Waals surface area contributed by atoms with Gasteiger partial charge >= 0.3 is 0 Å². The fraction of sp³-hybridized carbons (Fsp3) is 0.333. The molecular weight excluding hydrogens is 397 g/mol. The van der Waals surface area contributed by atoms with Crippen molar-refractivity contribution in [3.05, 3.63) is 58.1 Å². The van der Waals surface area contributed by atoms with Crippen LogP contribution in [-0.2, 0) is 4.79 Å². The Balaban J connectivity index is 1.49. The molecule has 1 aliphatic rings. The Bertz CT molecular complexity index is 834. The number of hydrogen-bond acceptors (Lipinski definition) is 3. The SMILES string of the molecule is O=C(CNc1cccc(Cl)c1Cl)Nc1ccc(C(=O)NC2CCCCC2)cc1. The predicted molar refractivity (Wildman–Crippen MR) is 114 cm³/mol. The highest BCUT2D eigenvalue weighted by molar-refractivity contribution is 6.43. The largest absolute Gasteiger partial charge is 0.375 e. The zero-order valence-electron chi connectivity index (χ0n) is 15.4. The highest BCUT2D eigenvalue weighted by Gasteiger charge is 2.16. The quantitative estimate of drug-likeness (QED) is 0.609. The molecule has 3 rings (SSSR count). The van der Waals surface area contributed by atoms with E-state index in [9.17, 15) is 9.59 Å². The Morgan fingerprint density at radius 1 is 0.964 bits per heavy atom. The van der Waals surface area contributed by atoms with Crippen LogP contribution in [0.15, 0.2) is 42.5 Å². The van der Waals surface area contributed by atoms with Crippen molar-refractivity contribution in [2.45, 2.75) is 38.1 Å². The molecule has 0 aromatic heterocycles. The molecule has 0 aliphatic heterocycles. The van der Waals surface area contributed by atoms with Crippen LogP contribution in [0, 0.1) is 0 Å². The van der Waals surface area contributed by atoms with Crippen LogP contribution in [0.25, 0.3) is 0 Å². The normalized spacial score (nSPS) is 14.4. The van der Waals surface area contributed by atoms with Gasteiger partial charge in [0.25, 0.3) is 5.91 Å². The predicted octanol–water partition coefficient (Wildman–Crippen LogP) is 5.11. The van der Waals surface area contributed by atoms with Gasteiger partial charge in [0.15, 0.2) is 0 Å². The van der Waals surface area contributed by atoms with Crippen LogP contribution in [-0.4, -0.2) is 24.4 Å². The Morgan fingerprint density at radius 2 is 1.68 bits per heavy atom. The van der Waals surface area contributed by atoms with Crippen molar-refractivity contribution < 1.29 is 9.59 Å². The summed E-state index contributed by atoms with van der Waals surface area (Å²) in [6.07, 6.45) is 5.68. The summed E-state index contributed by atoms with van der Waals surface area (Å²) >= 11 is 12.0. The van der Waals surface area contributed by atoms with Gasteiger partial charge in [-0.2, -0.15) is 0 Å². The van der Waals surface area contributed by atoms with E-state index in [0.717, 1.165) is 12.8 Å². The summed E-state index contributed by atoms with van der Waals surface area (Å²) in [4.78, 5) is 24.5. The summed E-state index contributed by atoms with van der Waals surface area (Å²) in [7, 11) is 0. The molecule has 7 heteroatoms. The van der Waals surface area contributed by atoms with Crippen LogP contribution in [0.1, 0.15) is 42.5 Å². The maximum Gasteiger partial charge on any atom is 0.251 e. The first kappa shape index (κ1) is 20.5. The summed E-state index contributed by atoms with van der Waals surface area (Å²) in [5, 5.41) is 9.63. The second kappa shape index (κ2) is 9.80. The van der Waals surface area contributed by atoms with Gasteiger partial charge in [-0.15, -0.1) is 0 Å². The van der Waals surface area contributed by atoms with E-state index in [0.29, 0.717) is 27.0 Å². The highest BCUT2D eigenvalue weighted by Crippen LogP contribution is 2.29. The fourth-order valence-corrected chi connectivity index (χ4v) is 3.61. The molecule has 2 aromatic carbocycles. The lowest BCUT2D eigenvalue weighted by molar-refractivity contribution is -0.114. The molecule has 1 aliphatic carbocycles. The molecular formula is C21H23Cl2N3O2. The van der Waals surface area contributed by atoms with E-state index in [4.69, 9.17) is 23.2 Å². The average molecular weight is 420 g/mol. The molecule has 2 amide bonds. The zero-order chi connectivity index (χ0) is 19.9. The smallest absolute Gasteiger partial charge is 0.251 e. The maximum absolute atomic E-state index is 12.3. The summed E-state index contributed by atoms with van der Waals surface area (Å²) in [6, 6.07) is 12.3. The molecule has 5 nitrogen and oxygen atoms in total. The van der Waals surface area contributed by atoms with Gasteiger partial charge in [0, 0.05) is 17.3 Å². The zero-order valence-corrected chi connectivity index (χ0v) is 16.9. The monoisotopic (exact) mass is 419 g/mol. The van der Waals surface area contributed by atoms with Crippen molar-refractivity contribution in [2.24, 2.45) is 0 Å². The van der Waals surface area contributed by atoms with E-state index in [-0.39, 0.29) is 24.4 Å². The number of halogens is 2. The molecule has 0 heterocycles. The van der Waals surface area contributed by atoms with Crippen molar-refractivity contribution in [1.29, 1.82) is 0 Å². The van der Waals surface area contributed by atoms with E-state index in [1.54, 1.807) is 42.5 Å². The number of hydrogen-bond donors (Lipinski definition) is 3. The van der Waals surface area contributed by atoms with Crippen LogP contribution in [0.2, 0.25) is 10.0 Å². The average Bonchev–Trinajstić information content (AvgIpc) is 2.70. The van der Waals surface area contributed by atoms with Crippen molar-refractivity contribution in [3.63, 3.8) is 0 Å². The summed E-state index contributed by atoms with van der Waals surface area (Å²) in [6.45, 7) is 0.0456. The lowest BCUT2D eigenvalue weighted by Crippen LogP contribution is -2.36. The van der Waals surface area contributed by atoms with Gasteiger partial charge in [-0.1, -0.05) is 48.5 Å². The minimum atomic E-state index is -0.226. The van der Waals surface area contributed by atoms with Gasteiger partial charge in [-0.3, -0.25) is 9.59 Å². The van der Waals surface area contributed by atoms with Crippen molar-refractivity contribution in [2.75, 3.05) is 17.2 Å². The first-order chi connectivity index (χ1) is 13.5. The highest BCUT2D eigenvalue weighted by atomic mass is 35.5. The molecule has 148 valence electrons. The van der Waals surface area contributed by atoms with Crippen LogP contribution >= 0.6 is 23.2 Å². The van der Waals surface area contributed by atoms with Crippen molar-refractivity contribution in [1.82, 2.24) is 5.32 Å². The van der Waals surface area contributed by atoms with Gasteiger partial charge in [0.2, 0.25) is 5.91 Å². The number of amides is 2. The van der Waals surface area contributed by atoms with Crippen molar-refractivity contribution in [3.8, 4) is 0 Å². The first-order valence-corrected chi connectivity index (χ1v) is 10.2. The van der Waals surface area contributed by atoms with E-state index in [1.807, 2.05) is 0 Å². The third kappa shape index (κ3) is 5.63. The van der Waals surface area contributed by atoms with E-state index in [1.165, 1.54) is 19.3 Å². The summed E-state index contributed by atoms with van der Waals surface area (Å²) < 4.78 is 0. The number of rotatable bonds is 6. The second-order valence-electron chi connectivity index (χ2n) is 6.89. The van der Waals surface area contributed by atoms with Crippen LogP contribution in [0.5, 0.6) is 0 Å². The van der Waals surface area contributed by atoms with Crippen LogP contribution in [0.4, 0.5) is 11.4 Å². The van der Waals surface area contributed by atoms with E-state index in [2.05, 4.69) is 16.0 Å². The van der Waals surface area contributed by atoms with Crippen LogP contribution < -0.4 is 16.0 Å². The van der Waals surface area contributed by atoms with E-state index < -0.39 is 0 Å². The van der Waals surface area contributed by atoms with Gasteiger partial charge in [0.05, 0.1) is 22.3 Å². The third-order valence-electron chi connectivity index (χ3n) is 4.76. The second-order valence-corrected chi connectivity index (χ2v) is 7.67. The summed E-state index contributed by atoms with van der Waals surface area (Å²) in [5.41, 5.74) is 1.81. The number of benzene rings is 2. The Kier molecular flexibility index (Phi) is 7.18. The number of anilines is 2. The lowest BCUT2D eigenvalue weighted by Gasteiger charge is -2.22. The topological polar surface area (TPSA) is 70.2 Å². The maximum atomic E-state index is 12.3. The molecule has 0 bridgehead atoms. The Morgan fingerprint density at radius 3 is 2.39 bits per heavy atom. The van der Waals surface area contributed by atoms with Gasteiger partial charge in [-0.05, 0) is 49.2 Å². The number of carbonyl (C=O) groups is 2. The Labute approximate surface area is 174 Å². The molecule has 0 spiro atoms.